The van der Waals surface area contributed by atoms with E-state index in [1.54, 1.807) is 24.4 Å². The van der Waals surface area contributed by atoms with Crippen LogP contribution in [-0.2, 0) is 6.54 Å². The van der Waals surface area contributed by atoms with Gasteiger partial charge in [0.15, 0.2) is 0 Å². The number of piperazine rings is 1. The number of amides is 1. The van der Waals surface area contributed by atoms with Gasteiger partial charge in [-0.1, -0.05) is 6.07 Å². The van der Waals surface area contributed by atoms with Crippen molar-refractivity contribution in [1.29, 1.82) is 0 Å². The minimum absolute atomic E-state index is 0.00295. The average molecular weight is 460 g/mol. The molecule has 5 rings (SSSR count). The molecule has 1 aliphatic heterocycles. The van der Waals surface area contributed by atoms with Crippen LogP contribution >= 0.6 is 0 Å². The van der Waals surface area contributed by atoms with E-state index >= 15 is 0 Å². The Balaban J connectivity index is 1.27. The van der Waals surface area contributed by atoms with Crippen molar-refractivity contribution in [2.45, 2.75) is 20.4 Å². The molecule has 3 aromatic heterocycles. The predicted molar refractivity (Wildman–Crippen MR) is 128 cm³/mol. The van der Waals surface area contributed by atoms with Gasteiger partial charge in [0.05, 0.1) is 11.3 Å². The molecule has 4 aromatic rings. The number of nitrogens with zero attached hydrogens (tertiary/aromatic N) is 5. The summed E-state index contributed by atoms with van der Waals surface area (Å²) in [4.78, 5) is 34.3. The number of rotatable bonds is 4. The van der Waals surface area contributed by atoms with Crippen LogP contribution in [0.2, 0.25) is 0 Å². The van der Waals surface area contributed by atoms with E-state index in [0.29, 0.717) is 43.9 Å². The maximum atomic E-state index is 13.3. The van der Waals surface area contributed by atoms with Crippen molar-refractivity contribution in [3.63, 3.8) is 0 Å². The summed E-state index contributed by atoms with van der Waals surface area (Å²) < 4.78 is 16.9. The molecule has 0 atom stereocenters. The van der Waals surface area contributed by atoms with Gasteiger partial charge in [-0.05, 0) is 56.3 Å². The Kier molecular flexibility index (Phi) is 5.75. The van der Waals surface area contributed by atoms with E-state index < -0.39 is 0 Å². The van der Waals surface area contributed by atoms with E-state index in [1.165, 1.54) is 16.5 Å². The van der Waals surface area contributed by atoms with E-state index in [4.69, 9.17) is 0 Å². The first-order chi connectivity index (χ1) is 16.4. The molecule has 34 heavy (non-hydrogen) atoms. The Bertz CT molecular complexity index is 1420. The van der Waals surface area contributed by atoms with Crippen LogP contribution in [0.25, 0.3) is 11.3 Å². The molecule has 174 valence electrons. The largest absolute Gasteiger partial charge is 0.336 e. The summed E-state index contributed by atoms with van der Waals surface area (Å²) in [6, 6.07) is 15.3. The molecule has 0 radical (unpaired) electrons. The molecule has 0 bridgehead atoms. The minimum Gasteiger partial charge on any atom is -0.336 e. The van der Waals surface area contributed by atoms with Gasteiger partial charge in [0.2, 0.25) is 0 Å². The van der Waals surface area contributed by atoms with E-state index in [0.717, 1.165) is 22.8 Å². The van der Waals surface area contributed by atoms with Gasteiger partial charge in [-0.3, -0.25) is 18.9 Å². The molecule has 1 saturated heterocycles. The number of hydrogen-bond donors (Lipinski definition) is 0. The van der Waals surface area contributed by atoms with Crippen molar-refractivity contribution >= 4 is 11.6 Å². The second kappa shape index (κ2) is 8.87. The zero-order valence-corrected chi connectivity index (χ0v) is 19.2. The molecule has 0 N–H and O–H groups in total. The second-order valence-corrected chi connectivity index (χ2v) is 8.68. The summed E-state index contributed by atoms with van der Waals surface area (Å²) in [5, 5.41) is 0. The van der Waals surface area contributed by atoms with Gasteiger partial charge in [0.1, 0.15) is 11.5 Å². The van der Waals surface area contributed by atoms with E-state index in [9.17, 15) is 14.0 Å². The summed E-state index contributed by atoms with van der Waals surface area (Å²) in [7, 11) is 0. The van der Waals surface area contributed by atoms with Crippen molar-refractivity contribution in [3.05, 3.63) is 99.6 Å². The number of aryl methyl sites for hydroxylation is 1. The van der Waals surface area contributed by atoms with Crippen molar-refractivity contribution in [2.24, 2.45) is 0 Å². The van der Waals surface area contributed by atoms with E-state index in [1.807, 2.05) is 47.6 Å². The summed E-state index contributed by atoms with van der Waals surface area (Å²) in [6.45, 7) is 7.06. The number of aromatic nitrogens is 3. The number of benzene rings is 1. The smallest absolute Gasteiger partial charge is 0.258 e. The minimum atomic E-state index is -0.287. The number of halogens is 1. The Labute approximate surface area is 196 Å². The van der Waals surface area contributed by atoms with Crippen LogP contribution in [0.4, 0.5) is 4.39 Å². The number of carbonyl (C=O) groups is 1. The zero-order valence-electron chi connectivity index (χ0n) is 19.2. The molecule has 1 fully saturated rings. The topological polar surface area (TPSA) is 62.9 Å². The fourth-order valence-corrected chi connectivity index (χ4v) is 4.66. The molecule has 1 amide bonds. The number of fused-ring (bicyclic) bond motifs is 1. The third-order valence-electron chi connectivity index (χ3n) is 6.42. The van der Waals surface area contributed by atoms with Crippen LogP contribution < -0.4 is 5.56 Å². The first-order valence-corrected chi connectivity index (χ1v) is 11.3. The SMILES string of the molecule is Cc1cc(C(=O)N2CCN(Cc3cc(=O)n4ccccc4n3)CC2)c(C)n1-c1ccc(F)cc1. The Morgan fingerprint density at radius 2 is 1.74 bits per heavy atom. The van der Waals surface area contributed by atoms with Crippen LogP contribution in [0, 0.1) is 19.7 Å². The molecular formula is C26H26FN5O2. The highest BCUT2D eigenvalue weighted by molar-refractivity contribution is 5.96. The van der Waals surface area contributed by atoms with Gasteiger partial charge in [0.25, 0.3) is 11.5 Å². The molecule has 0 unspecified atom stereocenters. The summed E-state index contributed by atoms with van der Waals surface area (Å²) >= 11 is 0. The molecule has 0 aliphatic carbocycles. The van der Waals surface area contributed by atoms with Crippen LogP contribution in [0.15, 0.2) is 65.6 Å². The molecule has 0 spiro atoms. The lowest BCUT2D eigenvalue weighted by atomic mass is 10.2. The van der Waals surface area contributed by atoms with Crippen LogP contribution in [0.3, 0.4) is 0 Å². The predicted octanol–water partition coefficient (Wildman–Crippen LogP) is 3.20. The van der Waals surface area contributed by atoms with Gasteiger partial charge in [-0.2, -0.15) is 0 Å². The average Bonchev–Trinajstić information content (AvgIpc) is 3.13. The first kappa shape index (κ1) is 22.0. The molecule has 4 heterocycles. The number of carbonyl (C=O) groups excluding carboxylic acids is 1. The van der Waals surface area contributed by atoms with Gasteiger partial charge in [0, 0.05) is 62.1 Å². The van der Waals surface area contributed by atoms with Crippen LogP contribution in [0.1, 0.15) is 27.4 Å². The third-order valence-corrected chi connectivity index (χ3v) is 6.42. The Morgan fingerprint density at radius 1 is 1.00 bits per heavy atom. The highest BCUT2D eigenvalue weighted by Gasteiger charge is 2.26. The maximum absolute atomic E-state index is 13.3. The summed E-state index contributed by atoms with van der Waals surface area (Å²) in [5.41, 5.74) is 4.55. The van der Waals surface area contributed by atoms with Crippen LogP contribution in [0.5, 0.6) is 0 Å². The normalized spacial score (nSPS) is 14.6. The van der Waals surface area contributed by atoms with Crippen molar-refractivity contribution in [1.82, 2.24) is 23.8 Å². The van der Waals surface area contributed by atoms with Gasteiger partial charge >= 0.3 is 0 Å². The summed E-state index contributed by atoms with van der Waals surface area (Å²) in [5.74, 6) is -0.285. The Morgan fingerprint density at radius 3 is 2.47 bits per heavy atom. The lowest BCUT2D eigenvalue weighted by molar-refractivity contribution is 0.0626. The van der Waals surface area contributed by atoms with Crippen molar-refractivity contribution < 1.29 is 9.18 Å². The zero-order chi connectivity index (χ0) is 23.8. The lowest BCUT2D eigenvalue weighted by Crippen LogP contribution is -2.48. The third kappa shape index (κ3) is 4.12. The van der Waals surface area contributed by atoms with Gasteiger partial charge < -0.3 is 9.47 Å². The number of pyridine rings is 1. The highest BCUT2D eigenvalue weighted by atomic mass is 19.1. The molecule has 1 aromatic carbocycles. The standard InChI is InChI=1S/C26H26FN5O2/c1-18-15-23(19(2)32(18)22-8-6-20(27)7-9-22)26(34)30-13-11-29(12-14-30)17-21-16-25(33)31-10-4-3-5-24(31)28-21/h3-10,15-16H,11-14,17H2,1-2H3. The lowest BCUT2D eigenvalue weighted by Gasteiger charge is -2.34. The van der Waals surface area contributed by atoms with Crippen LogP contribution in [-0.4, -0.2) is 55.8 Å². The monoisotopic (exact) mass is 459 g/mol. The molecular weight excluding hydrogens is 433 g/mol. The maximum Gasteiger partial charge on any atom is 0.258 e. The molecule has 8 heteroatoms. The number of hydrogen-bond acceptors (Lipinski definition) is 4. The van der Waals surface area contributed by atoms with Crippen molar-refractivity contribution in [2.75, 3.05) is 26.2 Å². The fraction of sp³-hybridized carbons (Fsp3) is 0.269. The summed E-state index contributed by atoms with van der Waals surface area (Å²) in [6.07, 6.45) is 1.71. The molecule has 7 nitrogen and oxygen atoms in total. The van der Waals surface area contributed by atoms with E-state index in [-0.39, 0.29) is 17.3 Å². The quantitative estimate of drug-likeness (QED) is 0.470. The molecule has 0 saturated carbocycles. The first-order valence-electron chi connectivity index (χ1n) is 11.3. The van der Waals surface area contributed by atoms with Crippen molar-refractivity contribution in [3.8, 4) is 5.69 Å². The Hall–Kier alpha value is -3.78. The highest BCUT2D eigenvalue weighted by Crippen LogP contribution is 2.23. The van der Waals surface area contributed by atoms with Gasteiger partial charge in [-0.25, -0.2) is 9.37 Å². The van der Waals surface area contributed by atoms with Gasteiger partial charge in [-0.15, -0.1) is 0 Å². The molecule has 1 aliphatic rings. The van der Waals surface area contributed by atoms with E-state index in [2.05, 4.69) is 9.88 Å². The second-order valence-electron chi connectivity index (χ2n) is 8.68. The fourth-order valence-electron chi connectivity index (χ4n) is 4.66.